The van der Waals surface area contributed by atoms with Gasteiger partial charge >= 0.3 is 30.1 Å². The van der Waals surface area contributed by atoms with Crippen LogP contribution in [0.25, 0.3) is 0 Å². The van der Waals surface area contributed by atoms with E-state index in [4.69, 9.17) is 5.11 Å². The van der Waals surface area contributed by atoms with Crippen LogP contribution in [0.15, 0.2) is 0 Å². The number of aliphatic hydroxyl groups is 1. The van der Waals surface area contributed by atoms with Gasteiger partial charge in [-0.05, 0) is 0 Å². The van der Waals surface area contributed by atoms with E-state index < -0.39 is 41.1 Å². The molecule has 1 atom stereocenters. The van der Waals surface area contributed by atoms with Crippen LogP contribution in [0.1, 0.15) is 0 Å². The molecule has 1 N–H and O–H groups in total. The van der Waals surface area contributed by atoms with Crippen molar-refractivity contribution in [1.82, 2.24) is 0 Å². The Morgan fingerprint density at radius 3 is 1.05 bits per heavy atom. The summed E-state index contributed by atoms with van der Waals surface area (Å²) < 4.78 is 148. The SMILES string of the molecule is OC(CBr)(C(F)(F)C(F)(F)F)C(F)(F)C(F)(F)C(F)(F)F. The number of hydrogen-bond acceptors (Lipinski definition) is 1. The minimum atomic E-state index is -7.35. The fraction of sp³-hybridized carbons (Fsp3) is 1.00. The Balaban J connectivity index is 6.30. The Morgan fingerprint density at radius 2 is 0.857 bits per heavy atom. The van der Waals surface area contributed by atoms with Crippen LogP contribution >= 0.6 is 15.9 Å². The second-order valence-electron chi connectivity index (χ2n) is 3.71. The van der Waals surface area contributed by atoms with Crippen molar-refractivity contribution in [2.24, 2.45) is 0 Å². The summed E-state index contributed by atoms with van der Waals surface area (Å²) in [7, 11) is 0. The first-order valence-electron chi connectivity index (χ1n) is 4.36. The zero-order valence-electron chi connectivity index (χ0n) is 9.07. The van der Waals surface area contributed by atoms with E-state index in [9.17, 15) is 52.7 Å². The van der Waals surface area contributed by atoms with E-state index in [0.29, 0.717) is 0 Å². The third-order valence-corrected chi connectivity index (χ3v) is 3.15. The third-order valence-electron chi connectivity index (χ3n) is 2.34. The molecule has 0 aromatic heterocycles. The maximum atomic E-state index is 13.0. The van der Waals surface area contributed by atoms with Gasteiger partial charge in [0.05, 0.1) is 0 Å². The molecule has 14 heteroatoms. The van der Waals surface area contributed by atoms with E-state index in [0.717, 1.165) is 0 Å². The first kappa shape index (κ1) is 20.6. The van der Waals surface area contributed by atoms with Crippen LogP contribution < -0.4 is 0 Å². The van der Waals surface area contributed by atoms with Gasteiger partial charge in [0.25, 0.3) is 0 Å². The Bertz CT molecular complexity index is 384. The van der Waals surface area contributed by atoms with Crippen LogP contribution in [-0.4, -0.2) is 46.2 Å². The predicted molar refractivity (Wildman–Crippen MR) is 45.7 cm³/mol. The van der Waals surface area contributed by atoms with Crippen molar-refractivity contribution in [3.8, 4) is 0 Å². The van der Waals surface area contributed by atoms with E-state index in [-0.39, 0.29) is 0 Å². The molecule has 0 amide bonds. The first-order chi connectivity index (χ1) is 8.81. The van der Waals surface area contributed by atoms with Crippen LogP contribution in [0.2, 0.25) is 0 Å². The van der Waals surface area contributed by atoms with Gasteiger partial charge in [-0.2, -0.15) is 52.7 Å². The summed E-state index contributed by atoms with van der Waals surface area (Å²) in [5.41, 5.74) is -6.09. The van der Waals surface area contributed by atoms with Crippen LogP contribution in [0.3, 0.4) is 0 Å². The lowest BCUT2D eigenvalue weighted by Crippen LogP contribution is -2.74. The number of alkyl halides is 13. The molecule has 0 heterocycles. The average Bonchev–Trinajstić information content (AvgIpc) is 2.23. The summed E-state index contributed by atoms with van der Waals surface area (Å²) in [5, 5.41) is 6.04. The molecule has 0 fully saturated rings. The topological polar surface area (TPSA) is 20.2 Å². The van der Waals surface area contributed by atoms with Crippen molar-refractivity contribution in [3.63, 3.8) is 0 Å². The molecule has 21 heavy (non-hydrogen) atoms. The Hall–Kier alpha value is -0.400. The quantitative estimate of drug-likeness (QED) is 0.545. The van der Waals surface area contributed by atoms with Gasteiger partial charge in [-0.25, -0.2) is 0 Å². The maximum Gasteiger partial charge on any atom is 0.459 e. The second kappa shape index (κ2) is 5.06. The predicted octanol–water partition coefficient (Wildman–Crippen LogP) is 4.14. The normalized spacial score (nSPS) is 18.6. The van der Waals surface area contributed by atoms with Crippen LogP contribution in [0.5, 0.6) is 0 Å². The maximum absolute atomic E-state index is 13.0. The summed E-state index contributed by atoms with van der Waals surface area (Å²) in [6.07, 6.45) is -14.2. The lowest BCUT2D eigenvalue weighted by Gasteiger charge is -2.43. The summed E-state index contributed by atoms with van der Waals surface area (Å²) >= 11 is 1.48. The highest BCUT2D eigenvalue weighted by Crippen LogP contribution is 2.58. The third kappa shape index (κ3) is 2.68. The van der Waals surface area contributed by atoms with Crippen molar-refractivity contribution in [2.45, 2.75) is 35.7 Å². The minimum absolute atomic E-state index is 1.48. The van der Waals surface area contributed by atoms with Gasteiger partial charge in [0.15, 0.2) is 0 Å². The highest BCUT2D eigenvalue weighted by molar-refractivity contribution is 9.09. The molecule has 0 spiro atoms. The van der Waals surface area contributed by atoms with Gasteiger partial charge in [-0.15, -0.1) is 0 Å². The molecular weight excluding hydrogens is 408 g/mol. The molecule has 0 saturated carbocycles. The van der Waals surface area contributed by atoms with Gasteiger partial charge in [0.1, 0.15) is 0 Å². The van der Waals surface area contributed by atoms with Crippen molar-refractivity contribution >= 4 is 15.9 Å². The van der Waals surface area contributed by atoms with Gasteiger partial charge in [0.2, 0.25) is 5.60 Å². The largest absolute Gasteiger partial charge is 0.459 e. The second-order valence-corrected chi connectivity index (χ2v) is 4.27. The lowest BCUT2D eigenvalue weighted by molar-refractivity contribution is -0.433. The molecule has 0 rings (SSSR count). The first-order valence-corrected chi connectivity index (χ1v) is 5.48. The van der Waals surface area contributed by atoms with Crippen LogP contribution in [0, 0.1) is 0 Å². The summed E-state index contributed by atoms with van der Waals surface area (Å²) in [6.45, 7) is 0. The van der Waals surface area contributed by atoms with Crippen molar-refractivity contribution in [2.75, 3.05) is 5.33 Å². The number of rotatable bonds is 4. The minimum Gasteiger partial charge on any atom is -0.377 e. The van der Waals surface area contributed by atoms with Gasteiger partial charge in [0, 0.05) is 5.33 Å². The fourth-order valence-electron chi connectivity index (χ4n) is 1.04. The number of hydrogen-bond donors (Lipinski definition) is 1. The zero-order chi connectivity index (χ0) is 17.7. The monoisotopic (exact) mass is 410 g/mol. The molecule has 0 aliphatic carbocycles. The van der Waals surface area contributed by atoms with E-state index >= 15 is 0 Å². The Morgan fingerprint density at radius 1 is 0.571 bits per heavy atom. The van der Waals surface area contributed by atoms with Crippen LogP contribution in [0.4, 0.5) is 52.7 Å². The van der Waals surface area contributed by atoms with Crippen LogP contribution in [-0.2, 0) is 0 Å². The Kier molecular flexibility index (Phi) is 4.97. The van der Waals surface area contributed by atoms with Gasteiger partial charge in [-0.3, -0.25) is 0 Å². The summed E-state index contributed by atoms with van der Waals surface area (Å²) in [5.74, 6) is -21.5. The molecule has 0 aliphatic heterocycles. The van der Waals surface area contributed by atoms with E-state index in [1.54, 1.807) is 0 Å². The molecule has 1 unspecified atom stereocenters. The molecule has 0 aromatic carbocycles. The molecule has 0 saturated heterocycles. The molecule has 0 aromatic rings. The highest BCUT2D eigenvalue weighted by atomic mass is 79.9. The molecule has 0 aliphatic rings. The zero-order valence-corrected chi connectivity index (χ0v) is 10.7. The van der Waals surface area contributed by atoms with E-state index in [1.807, 2.05) is 0 Å². The van der Waals surface area contributed by atoms with E-state index in [1.165, 1.54) is 15.9 Å². The molecule has 128 valence electrons. The number of halogens is 13. The molecular formula is C7H3BrF12O. The summed E-state index contributed by atoms with van der Waals surface area (Å²) in [4.78, 5) is 0. The average molecular weight is 411 g/mol. The van der Waals surface area contributed by atoms with Crippen molar-refractivity contribution < 1.29 is 57.8 Å². The standard InChI is InChI=1S/C7H3BrF12O/c8-1-2(21,4(11,12)6(15,16)17)3(9,10)5(13,14)7(18,19)20/h21H,1H2. The molecule has 0 radical (unpaired) electrons. The van der Waals surface area contributed by atoms with Crippen molar-refractivity contribution in [3.05, 3.63) is 0 Å². The Labute approximate surface area is 116 Å². The lowest BCUT2D eigenvalue weighted by atomic mass is 9.85. The smallest absolute Gasteiger partial charge is 0.377 e. The molecule has 0 bridgehead atoms. The fourth-order valence-corrected chi connectivity index (χ4v) is 1.74. The van der Waals surface area contributed by atoms with Crippen molar-refractivity contribution in [1.29, 1.82) is 0 Å². The van der Waals surface area contributed by atoms with Gasteiger partial charge in [-0.1, -0.05) is 15.9 Å². The highest BCUT2D eigenvalue weighted by Gasteiger charge is 2.88. The van der Waals surface area contributed by atoms with E-state index in [2.05, 4.69) is 0 Å². The summed E-state index contributed by atoms with van der Waals surface area (Å²) in [6, 6.07) is 0. The molecule has 1 nitrogen and oxygen atoms in total. The van der Waals surface area contributed by atoms with Gasteiger partial charge < -0.3 is 5.11 Å².